The fourth-order valence-electron chi connectivity index (χ4n) is 3.23. The molecule has 0 saturated carbocycles. The number of nitrogens with one attached hydrogen (secondary N) is 1. The second-order valence-corrected chi connectivity index (χ2v) is 8.60. The second kappa shape index (κ2) is 8.20. The lowest BCUT2D eigenvalue weighted by molar-refractivity contribution is 0.0635. The average Bonchev–Trinajstić information content (AvgIpc) is 3.03. The molecule has 3 heterocycles. The molecule has 9 heteroatoms. The number of carbonyl (C=O) groups is 1. The molecule has 1 N–H and O–H groups in total. The van der Waals surface area contributed by atoms with Crippen molar-refractivity contribution in [2.75, 3.05) is 5.32 Å². The number of amides is 1. The summed E-state index contributed by atoms with van der Waals surface area (Å²) in [5.41, 5.74) is 2.57. The van der Waals surface area contributed by atoms with Gasteiger partial charge >= 0.3 is 6.09 Å². The molecule has 0 atom stereocenters. The Hall–Kier alpha value is -3.52. The van der Waals surface area contributed by atoms with E-state index in [-0.39, 0.29) is 5.02 Å². The number of carbonyl (C=O) groups excluding carboxylic acids is 1. The Morgan fingerprint density at radius 2 is 1.91 bits per heavy atom. The highest BCUT2D eigenvalue weighted by Crippen LogP contribution is 2.27. The van der Waals surface area contributed by atoms with Crippen LogP contribution in [0.2, 0.25) is 5.02 Å². The van der Waals surface area contributed by atoms with E-state index >= 15 is 0 Å². The van der Waals surface area contributed by atoms with Crippen molar-refractivity contribution in [3.8, 4) is 16.9 Å². The minimum Gasteiger partial charge on any atom is -0.444 e. The lowest BCUT2D eigenvalue weighted by Crippen LogP contribution is -2.27. The van der Waals surface area contributed by atoms with Crippen molar-refractivity contribution in [2.45, 2.75) is 33.3 Å². The zero-order valence-corrected chi connectivity index (χ0v) is 18.7. The van der Waals surface area contributed by atoms with Crippen molar-refractivity contribution in [3.05, 3.63) is 65.3 Å². The van der Waals surface area contributed by atoms with Gasteiger partial charge in [-0.05, 0) is 70.2 Å². The summed E-state index contributed by atoms with van der Waals surface area (Å²) in [5, 5.41) is 2.67. The third-order valence-corrected chi connectivity index (χ3v) is 4.82. The summed E-state index contributed by atoms with van der Waals surface area (Å²) in [6, 6.07) is 11.7. The van der Waals surface area contributed by atoms with Gasteiger partial charge in [-0.2, -0.15) is 0 Å². The van der Waals surface area contributed by atoms with Gasteiger partial charge in [-0.1, -0.05) is 11.6 Å². The van der Waals surface area contributed by atoms with Crippen molar-refractivity contribution in [1.29, 1.82) is 0 Å². The predicted octanol–water partition coefficient (Wildman–Crippen LogP) is 5.93. The molecule has 0 fully saturated rings. The highest BCUT2D eigenvalue weighted by atomic mass is 35.5. The van der Waals surface area contributed by atoms with Gasteiger partial charge < -0.3 is 4.74 Å². The van der Waals surface area contributed by atoms with Gasteiger partial charge in [0.2, 0.25) is 0 Å². The molecule has 1 amide bonds. The van der Waals surface area contributed by atoms with Gasteiger partial charge in [0.25, 0.3) is 0 Å². The zero-order valence-electron chi connectivity index (χ0n) is 18.0. The Labute approximate surface area is 189 Å². The highest BCUT2D eigenvalue weighted by molar-refractivity contribution is 6.30. The fraction of sp³-hybridized carbons (Fsp3) is 0.217. The summed E-state index contributed by atoms with van der Waals surface area (Å²) >= 11 is 5.83. The number of rotatable bonds is 3. The Morgan fingerprint density at radius 3 is 2.62 bits per heavy atom. The van der Waals surface area contributed by atoms with Crippen LogP contribution in [-0.4, -0.2) is 31.2 Å². The third-order valence-electron chi connectivity index (χ3n) is 4.52. The van der Waals surface area contributed by atoms with Crippen LogP contribution in [0.4, 0.5) is 15.0 Å². The number of hydrogen-bond acceptors (Lipinski definition) is 5. The number of aryl methyl sites for hydroxylation is 1. The molecular weight excluding hydrogens is 433 g/mol. The Bertz CT molecular complexity index is 1330. The van der Waals surface area contributed by atoms with Gasteiger partial charge in [-0.3, -0.25) is 9.88 Å². The largest absolute Gasteiger partial charge is 0.444 e. The summed E-state index contributed by atoms with van der Waals surface area (Å²) in [6.45, 7) is 7.18. The number of fused-ring (bicyclic) bond motifs is 1. The number of imidazole rings is 1. The Morgan fingerprint density at radius 1 is 1.12 bits per heavy atom. The minimum atomic E-state index is -0.619. The van der Waals surface area contributed by atoms with Crippen molar-refractivity contribution in [2.24, 2.45) is 0 Å². The maximum Gasteiger partial charge on any atom is 0.413 e. The van der Waals surface area contributed by atoms with E-state index in [2.05, 4.69) is 15.3 Å². The average molecular weight is 454 g/mol. The Balaban J connectivity index is 1.72. The number of aromatic nitrogens is 4. The molecule has 7 nitrogen and oxygen atoms in total. The molecular formula is C23H21ClFN5O2. The maximum atomic E-state index is 14.1. The number of ether oxygens (including phenoxy) is 1. The van der Waals surface area contributed by atoms with E-state index in [1.54, 1.807) is 49.7 Å². The molecule has 4 rings (SSSR count). The quantitative estimate of drug-likeness (QED) is 0.415. The number of benzene rings is 1. The summed E-state index contributed by atoms with van der Waals surface area (Å²) < 4.78 is 21.1. The van der Waals surface area contributed by atoms with Crippen LogP contribution in [0.5, 0.6) is 0 Å². The van der Waals surface area contributed by atoms with Crippen LogP contribution in [0, 0.1) is 12.7 Å². The van der Waals surface area contributed by atoms with E-state index in [1.807, 2.05) is 19.1 Å². The molecule has 0 aliphatic heterocycles. The molecule has 164 valence electrons. The first kappa shape index (κ1) is 21.7. The van der Waals surface area contributed by atoms with Gasteiger partial charge in [-0.25, -0.2) is 24.1 Å². The molecule has 32 heavy (non-hydrogen) atoms. The van der Waals surface area contributed by atoms with Crippen LogP contribution < -0.4 is 5.32 Å². The van der Waals surface area contributed by atoms with Crippen molar-refractivity contribution in [1.82, 2.24) is 19.5 Å². The number of pyridine rings is 2. The first-order chi connectivity index (χ1) is 15.1. The monoisotopic (exact) mass is 453 g/mol. The van der Waals surface area contributed by atoms with Crippen molar-refractivity contribution in [3.63, 3.8) is 0 Å². The molecule has 0 aliphatic rings. The standard InChI is InChI=1S/C23H21ClFN5O2/c1-13-27-19-8-7-18(28-21(19)30(13)15-5-6-16(24)17(25)12-15)14-9-10-26-20(11-14)29-22(31)32-23(2,3)4/h5-12H,1-4H3,(H,26,29,31). The van der Waals surface area contributed by atoms with E-state index < -0.39 is 17.5 Å². The van der Waals surface area contributed by atoms with Crippen LogP contribution in [0.25, 0.3) is 28.1 Å². The van der Waals surface area contributed by atoms with E-state index in [9.17, 15) is 9.18 Å². The van der Waals surface area contributed by atoms with E-state index in [0.717, 1.165) is 5.56 Å². The summed E-state index contributed by atoms with van der Waals surface area (Å²) in [4.78, 5) is 25.5. The van der Waals surface area contributed by atoms with Crippen LogP contribution in [0.1, 0.15) is 26.6 Å². The number of halogens is 2. The SMILES string of the molecule is Cc1nc2ccc(-c3ccnc(NC(=O)OC(C)(C)C)c3)nc2n1-c1ccc(Cl)c(F)c1. The van der Waals surface area contributed by atoms with E-state index in [1.165, 1.54) is 12.1 Å². The Kier molecular flexibility index (Phi) is 5.56. The maximum absolute atomic E-state index is 14.1. The molecule has 3 aromatic heterocycles. The normalized spacial score (nSPS) is 11.6. The first-order valence-electron chi connectivity index (χ1n) is 9.89. The topological polar surface area (TPSA) is 81.9 Å². The molecule has 0 spiro atoms. The third kappa shape index (κ3) is 4.55. The van der Waals surface area contributed by atoms with Gasteiger partial charge in [-0.15, -0.1) is 0 Å². The predicted molar refractivity (Wildman–Crippen MR) is 122 cm³/mol. The molecule has 0 bridgehead atoms. The lowest BCUT2D eigenvalue weighted by Gasteiger charge is -2.19. The van der Waals surface area contributed by atoms with E-state index in [0.29, 0.717) is 34.2 Å². The molecule has 0 unspecified atom stereocenters. The van der Waals surface area contributed by atoms with E-state index in [4.69, 9.17) is 21.3 Å². The smallest absolute Gasteiger partial charge is 0.413 e. The zero-order chi connectivity index (χ0) is 23.0. The number of hydrogen-bond donors (Lipinski definition) is 1. The molecule has 0 radical (unpaired) electrons. The lowest BCUT2D eigenvalue weighted by atomic mass is 10.1. The second-order valence-electron chi connectivity index (χ2n) is 8.19. The highest BCUT2D eigenvalue weighted by Gasteiger charge is 2.17. The fourth-order valence-corrected chi connectivity index (χ4v) is 3.35. The molecule has 0 saturated heterocycles. The minimum absolute atomic E-state index is 0.0475. The van der Waals surface area contributed by atoms with Gasteiger partial charge in [0.1, 0.15) is 28.6 Å². The van der Waals surface area contributed by atoms with Gasteiger partial charge in [0.05, 0.1) is 16.4 Å². The van der Waals surface area contributed by atoms with Crippen LogP contribution in [0.15, 0.2) is 48.7 Å². The molecule has 1 aromatic carbocycles. The van der Waals surface area contributed by atoms with Crippen molar-refractivity contribution >= 4 is 34.7 Å². The first-order valence-corrected chi connectivity index (χ1v) is 10.3. The summed E-state index contributed by atoms with van der Waals surface area (Å²) in [6.07, 6.45) is 0.981. The molecule has 0 aliphatic carbocycles. The van der Waals surface area contributed by atoms with Gasteiger partial charge in [0, 0.05) is 11.8 Å². The van der Waals surface area contributed by atoms with Crippen LogP contribution in [0.3, 0.4) is 0 Å². The van der Waals surface area contributed by atoms with Crippen molar-refractivity contribution < 1.29 is 13.9 Å². The summed E-state index contributed by atoms with van der Waals surface area (Å²) in [7, 11) is 0. The molecule has 4 aromatic rings. The van der Waals surface area contributed by atoms with Crippen LogP contribution >= 0.6 is 11.6 Å². The number of anilines is 1. The van der Waals surface area contributed by atoms with Gasteiger partial charge in [0.15, 0.2) is 5.65 Å². The number of nitrogens with zero attached hydrogens (tertiary/aromatic N) is 4. The summed E-state index contributed by atoms with van der Waals surface area (Å²) in [5.74, 6) is 0.477. The van der Waals surface area contributed by atoms with Crippen LogP contribution in [-0.2, 0) is 4.74 Å².